The number of carbonyl (C=O) groups is 1. The summed E-state index contributed by atoms with van der Waals surface area (Å²) in [5.74, 6) is 8.56. The van der Waals surface area contributed by atoms with Crippen LogP contribution in [0.25, 0.3) is 0 Å². The number of hydrogen-bond acceptors (Lipinski definition) is 4. The first-order chi connectivity index (χ1) is 19.4. The average Bonchev–Trinajstić information content (AvgIpc) is 3.39. The Kier molecular flexibility index (Phi) is 8.79. The van der Waals surface area contributed by atoms with Gasteiger partial charge in [-0.15, -0.1) is 0 Å². The van der Waals surface area contributed by atoms with Crippen molar-refractivity contribution in [2.75, 3.05) is 12.4 Å². The molecule has 2 saturated carbocycles. The molecule has 0 bridgehead atoms. The SMILES string of the molecule is COc1ccc(C2CCC(Cc3c(NC(=O)C4CCCCC4)ccc(O)c3C#Cc3ccn(C)n3)CC2)cc1C. The predicted octanol–water partition coefficient (Wildman–Crippen LogP) is 6.88. The molecule has 2 N–H and O–H groups in total. The molecular formula is C34H41N3O3. The summed E-state index contributed by atoms with van der Waals surface area (Å²) in [4.78, 5) is 13.2. The number of carbonyl (C=O) groups excluding carboxylic acids is 1. The predicted molar refractivity (Wildman–Crippen MR) is 159 cm³/mol. The lowest BCUT2D eigenvalue weighted by Gasteiger charge is -2.30. The van der Waals surface area contributed by atoms with Gasteiger partial charge in [-0.25, -0.2) is 0 Å². The van der Waals surface area contributed by atoms with E-state index < -0.39 is 0 Å². The second kappa shape index (κ2) is 12.6. The van der Waals surface area contributed by atoms with E-state index in [4.69, 9.17) is 4.74 Å². The Hall–Kier alpha value is -3.72. The van der Waals surface area contributed by atoms with Gasteiger partial charge in [-0.3, -0.25) is 9.48 Å². The number of amides is 1. The third kappa shape index (κ3) is 6.53. The highest BCUT2D eigenvalue weighted by atomic mass is 16.5. The summed E-state index contributed by atoms with van der Waals surface area (Å²) in [6.07, 6.45) is 12.4. The number of ether oxygens (including phenoxy) is 1. The number of anilines is 1. The van der Waals surface area contributed by atoms with Crippen LogP contribution in [0, 0.1) is 30.6 Å². The molecular weight excluding hydrogens is 498 g/mol. The van der Waals surface area contributed by atoms with Crippen molar-refractivity contribution in [3.63, 3.8) is 0 Å². The van der Waals surface area contributed by atoms with Crippen molar-refractivity contribution in [1.29, 1.82) is 0 Å². The number of nitrogens with zero attached hydrogens (tertiary/aromatic N) is 2. The fraction of sp³-hybridized carbons (Fsp3) is 0.471. The van der Waals surface area contributed by atoms with Gasteiger partial charge in [0, 0.05) is 24.8 Å². The van der Waals surface area contributed by atoms with Crippen LogP contribution in [0.1, 0.15) is 91.7 Å². The van der Waals surface area contributed by atoms with Crippen LogP contribution in [0.5, 0.6) is 11.5 Å². The number of methoxy groups -OCH3 is 1. The Morgan fingerprint density at radius 1 is 1.05 bits per heavy atom. The number of aromatic nitrogens is 2. The molecule has 0 spiro atoms. The Bertz CT molecular complexity index is 1400. The largest absolute Gasteiger partial charge is 0.507 e. The molecule has 1 aromatic heterocycles. The fourth-order valence-electron chi connectivity index (χ4n) is 6.46. The maximum atomic E-state index is 13.2. The summed E-state index contributed by atoms with van der Waals surface area (Å²) < 4.78 is 7.17. The lowest BCUT2D eigenvalue weighted by atomic mass is 9.76. The van der Waals surface area contributed by atoms with Crippen LogP contribution < -0.4 is 10.1 Å². The summed E-state index contributed by atoms with van der Waals surface area (Å²) in [5, 5.41) is 18.5. The highest BCUT2D eigenvalue weighted by Gasteiger charge is 2.27. The quantitative estimate of drug-likeness (QED) is 0.265. The van der Waals surface area contributed by atoms with E-state index in [-0.39, 0.29) is 17.6 Å². The van der Waals surface area contributed by atoms with Crippen molar-refractivity contribution >= 4 is 11.6 Å². The number of phenolic OH excluding ortho intramolecular Hbond substituents is 1. The molecule has 2 aromatic carbocycles. The molecule has 0 unspecified atom stereocenters. The fourth-order valence-corrected chi connectivity index (χ4v) is 6.46. The van der Waals surface area contributed by atoms with Gasteiger partial charge in [-0.1, -0.05) is 37.3 Å². The van der Waals surface area contributed by atoms with Gasteiger partial charge in [0.05, 0.1) is 12.7 Å². The summed E-state index contributed by atoms with van der Waals surface area (Å²) >= 11 is 0. The van der Waals surface area contributed by atoms with Gasteiger partial charge in [-0.2, -0.15) is 5.10 Å². The molecule has 0 aliphatic heterocycles. The zero-order valence-electron chi connectivity index (χ0n) is 24.0. The minimum Gasteiger partial charge on any atom is -0.507 e. The van der Waals surface area contributed by atoms with Crippen LogP contribution in [-0.2, 0) is 18.3 Å². The molecule has 6 heteroatoms. The number of phenols is 1. The highest BCUT2D eigenvalue weighted by Crippen LogP contribution is 2.40. The lowest BCUT2D eigenvalue weighted by Crippen LogP contribution is -2.26. The van der Waals surface area contributed by atoms with E-state index in [1.54, 1.807) is 17.9 Å². The van der Waals surface area contributed by atoms with Crippen molar-refractivity contribution in [3.05, 3.63) is 70.5 Å². The van der Waals surface area contributed by atoms with E-state index in [2.05, 4.69) is 47.4 Å². The Labute approximate surface area is 238 Å². The first kappa shape index (κ1) is 27.8. The first-order valence-corrected chi connectivity index (χ1v) is 14.7. The van der Waals surface area contributed by atoms with Gasteiger partial charge in [0.25, 0.3) is 0 Å². The van der Waals surface area contributed by atoms with Crippen LogP contribution in [0.15, 0.2) is 42.6 Å². The van der Waals surface area contributed by atoms with Gasteiger partial charge in [0.1, 0.15) is 17.2 Å². The molecule has 2 fully saturated rings. The molecule has 0 radical (unpaired) electrons. The van der Waals surface area contributed by atoms with Crippen molar-refractivity contribution in [1.82, 2.24) is 9.78 Å². The standard InChI is InChI=1S/C34H41N3O3/c1-23-21-27(13-18-33(23)40-3)25-11-9-24(10-12-25)22-30-29(15-14-28-19-20-37(2)36-28)32(38)17-16-31(30)35-34(39)26-7-5-4-6-8-26/h13,16-21,24-26,38H,4-12,22H2,1-3H3,(H,35,39). The topological polar surface area (TPSA) is 76.4 Å². The zero-order chi connectivity index (χ0) is 28.1. The first-order valence-electron chi connectivity index (χ1n) is 14.7. The molecule has 3 aromatic rings. The molecule has 210 valence electrons. The van der Waals surface area contributed by atoms with Crippen molar-refractivity contribution in [2.24, 2.45) is 18.9 Å². The minimum absolute atomic E-state index is 0.0573. The number of nitrogens with one attached hydrogen (secondary N) is 1. The van der Waals surface area contributed by atoms with Gasteiger partial charge >= 0.3 is 0 Å². The van der Waals surface area contributed by atoms with Crippen LogP contribution >= 0.6 is 0 Å². The summed E-state index contributed by atoms with van der Waals surface area (Å²) in [7, 11) is 3.58. The Balaban J connectivity index is 1.37. The molecule has 6 nitrogen and oxygen atoms in total. The van der Waals surface area contributed by atoms with E-state index in [1.807, 2.05) is 25.4 Å². The van der Waals surface area contributed by atoms with Gasteiger partial charge in [0.2, 0.25) is 5.91 Å². The maximum absolute atomic E-state index is 13.2. The number of benzene rings is 2. The molecule has 1 amide bonds. The van der Waals surface area contributed by atoms with Crippen LogP contribution in [0.4, 0.5) is 5.69 Å². The van der Waals surface area contributed by atoms with Gasteiger partial charge in [-0.05, 0) is 111 Å². The number of rotatable bonds is 6. The van der Waals surface area contributed by atoms with Crippen molar-refractivity contribution in [3.8, 4) is 23.3 Å². The molecule has 40 heavy (non-hydrogen) atoms. The monoisotopic (exact) mass is 539 g/mol. The molecule has 0 atom stereocenters. The van der Waals surface area contributed by atoms with Gasteiger partial charge in [0.15, 0.2) is 0 Å². The third-order valence-electron chi connectivity index (χ3n) is 8.78. The van der Waals surface area contributed by atoms with E-state index in [0.29, 0.717) is 23.1 Å². The zero-order valence-corrected chi connectivity index (χ0v) is 24.0. The number of aryl methyl sites for hydroxylation is 2. The van der Waals surface area contributed by atoms with Crippen LogP contribution in [0.2, 0.25) is 0 Å². The van der Waals surface area contributed by atoms with E-state index in [1.165, 1.54) is 17.5 Å². The summed E-state index contributed by atoms with van der Waals surface area (Å²) in [6, 6.07) is 11.9. The normalized spacial score (nSPS) is 19.5. The maximum Gasteiger partial charge on any atom is 0.227 e. The molecule has 2 aliphatic carbocycles. The number of aromatic hydroxyl groups is 1. The van der Waals surface area contributed by atoms with Crippen LogP contribution in [0.3, 0.4) is 0 Å². The summed E-state index contributed by atoms with van der Waals surface area (Å²) in [5.41, 5.74) is 5.54. The van der Waals surface area contributed by atoms with Gasteiger partial charge < -0.3 is 15.2 Å². The third-order valence-corrected chi connectivity index (χ3v) is 8.78. The van der Waals surface area contributed by atoms with Crippen LogP contribution in [-0.4, -0.2) is 27.9 Å². The minimum atomic E-state index is 0.0573. The highest BCUT2D eigenvalue weighted by molar-refractivity contribution is 5.94. The number of hydrogen-bond donors (Lipinski definition) is 2. The summed E-state index contributed by atoms with van der Waals surface area (Å²) in [6.45, 7) is 2.10. The van der Waals surface area contributed by atoms with Crippen molar-refractivity contribution in [2.45, 2.75) is 77.0 Å². The molecule has 0 saturated heterocycles. The average molecular weight is 540 g/mol. The van der Waals surface area contributed by atoms with E-state index in [9.17, 15) is 9.90 Å². The second-order valence-corrected chi connectivity index (χ2v) is 11.6. The Morgan fingerprint density at radius 2 is 1.82 bits per heavy atom. The van der Waals surface area contributed by atoms with E-state index in [0.717, 1.165) is 74.8 Å². The Morgan fingerprint density at radius 3 is 2.50 bits per heavy atom. The van der Waals surface area contributed by atoms with Crippen molar-refractivity contribution < 1.29 is 14.6 Å². The smallest absolute Gasteiger partial charge is 0.227 e. The second-order valence-electron chi connectivity index (χ2n) is 11.6. The molecule has 2 aliphatic rings. The molecule has 1 heterocycles. The molecule has 5 rings (SSSR count). The lowest BCUT2D eigenvalue weighted by molar-refractivity contribution is -0.120. The van der Waals surface area contributed by atoms with E-state index >= 15 is 0 Å².